The van der Waals surface area contributed by atoms with E-state index in [1.165, 1.54) is 60.5 Å². The van der Waals surface area contributed by atoms with Crippen molar-refractivity contribution in [3.63, 3.8) is 0 Å². The first-order valence-electron chi connectivity index (χ1n) is 17.6. The number of nitrogens with zero attached hydrogens (tertiary/aromatic N) is 1. The van der Waals surface area contributed by atoms with Crippen molar-refractivity contribution in [1.82, 2.24) is 0 Å². The number of methoxy groups -OCH3 is 1. The van der Waals surface area contributed by atoms with Gasteiger partial charge in [-0.3, -0.25) is 0 Å². The summed E-state index contributed by atoms with van der Waals surface area (Å²) in [4.78, 5) is 0. The first kappa shape index (κ1) is 37.4. The quantitative estimate of drug-likeness (QED) is 0.0575. The molecule has 0 unspecified atom stereocenters. The Morgan fingerprint density at radius 2 is 1.14 bits per heavy atom. The average Bonchev–Trinajstić information content (AvgIpc) is 3.07. The lowest BCUT2D eigenvalue weighted by molar-refractivity contribution is -0.884. The fourth-order valence-corrected chi connectivity index (χ4v) is 6.54. The second-order valence-corrected chi connectivity index (χ2v) is 14.1. The highest BCUT2D eigenvalue weighted by atomic mass is 16.5. The molecule has 0 aliphatic heterocycles. The summed E-state index contributed by atoms with van der Waals surface area (Å²) >= 11 is 0. The Hall–Kier alpha value is -3.82. The lowest BCUT2D eigenvalue weighted by Gasteiger charge is -2.26. The lowest BCUT2D eigenvalue weighted by atomic mass is 9.83. The van der Waals surface area contributed by atoms with Crippen molar-refractivity contribution >= 4 is 21.5 Å². The molecular weight excluding hydrogens is 626 g/mol. The van der Waals surface area contributed by atoms with Crippen LogP contribution in [0, 0.1) is 20.8 Å². The smallest absolute Gasteiger partial charge is 0.122 e. The van der Waals surface area contributed by atoms with E-state index in [0.29, 0.717) is 52.9 Å². The van der Waals surface area contributed by atoms with Gasteiger partial charge >= 0.3 is 0 Å². The van der Waals surface area contributed by atoms with Gasteiger partial charge in [-0.25, -0.2) is 0 Å². The summed E-state index contributed by atoms with van der Waals surface area (Å²) in [5.41, 5.74) is 10.8. The number of rotatable bonds is 18. The largest absolute Gasteiger partial charge is 0.491 e. The predicted molar refractivity (Wildman–Crippen MR) is 204 cm³/mol. The van der Waals surface area contributed by atoms with Crippen molar-refractivity contribution in [3.8, 4) is 28.0 Å². The highest BCUT2D eigenvalue weighted by molar-refractivity contribution is 6.21. The summed E-state index contributed by atoms with van der Waals surface area (Å²) in [6, 6.07) is 27.1. The van der Waals surface area contributed by atoms with E-state index in [1.54, 1.807) is 7.11 Å². The van der Waals surface area contributed by atoms with E-state index >= 15 is 0 Å². The van der Waals surface area contributed by atoms with E-state index < -0.39 is 0 Å². The minimum Gasteiger partial charge on any atom is -0.491 e. The molecule has 0 saturated carbocycles. The van der Waals surface area contributed by atoms with E-state index in [0.717, 1.165) is 27.9 Å². The fourth-order valence-electron chi connectivity index (χ4n) is 6.54. The molecular formula is C43H54NO6+. The molecule has 0 aliphatic carbocycles. The molecule has 7 nitrogen and oxygen atoms in total. The van der Waals surface area contributed by atoms with E-state index in [9.17, 15) is 0 Å². The molecule has 5 rings (SSSR count). The van der Waals surface area contributed by atoms with Crippen LogP contribution in [-0.2, 0) is 32.1 Å². The first-order valence-corrected chi connectivity index (χ1v) is 17.6. The van der Waals surface area contributed by atoms with Crippen LogP contribution in [0.4, 0.5) is 0 Å². The van der Waals surface area contributed by atoms with Crippen molar-refractivity contribution < 1.29 is 33.3 Å². The molecule has 50 heavy (non-hydrogen) atoms. The number of aliphatic hydroxyl groups is 1. The number of quaternary nitrogens is 1. The van der Waals surface area contributed by atoms with Gasteiger partial charge in [0.05, 0.1) is 74.0 Å². The van der Waals surface area contributed by atoms with Crippen LogP contribution in [0.3, 0.4) is 0 Å². The fraction of sp³-hybridized carbons (Fsp3) is 0.395. The minimum absolute atomic E-state index is 0.0161. The molecule has 0 amide bonds. The number of fused-ring (bicyclic) bond motifs is 3. The third-order valence-electron chi connectivity index (χ3n) is 8.81. The second kappa shape index (κ2) is 17.4. The number of aliphatic hydroxyl groups excluding tert-OH is 1. The van der Waals surface area contributed by atoms with Gasteiger partial charge in [-0.1, -0.05) is 65.7 Å². The van der Waals surface area contributed by atoms with Crippen LogP contribution in [0.2, 0.25) is 0 Å². The normalized spacial score (nSPS) is 11.9. The summed E-state index contributed by atoms with van der Waals surface area (Å²) in [6.45, 7) is 11.2. The highest BCUT2D eigenvalue weighted by Gasteiger charge is 2.21. The van der Waals surface area contributed by atoms with Crippen molar-refractivity contribution in [2.75, 3.05) is 81.1 Å². The topological polar surface area (TPSA) is 66.4 Å². The molecule has 0 spiro atoms. The zero-order valence-electron chi connectivity index (χ0n) is 30.9. The van der Waals surface area contributed by atoms with Crippen molar-refractivity contribution in [2.45, 2.75) is 33.9 Å². The van der Waals surface area contributed by atoms with E-state index in [-0.39, 0.29) is 6.61 Å². The summed E-state index contributed by atoms with van der Waals surface area (Å²) in [5, 5.41) is 14.0. The maximum absolute atomic E-state index is 9.02. The SMILES string of the molecule is COCCOCCOc1ccc(-c2c(-c3ccc(COCCOCCO)c(C[N+](C)(C)C)c3)c3cc(C)ccc3c3ccc(C)cc23)cc1C. The Morgan fingerprint density at radius 3 is 1.76 bits per heavy atom. The minimum atomic E-state index is 0.0161. The van der Waals surface area contributed by atoms with Gasteiger partial charge in [0.15, 0.2) is 0 Å². The molecule has 0 aromatic heterocycles. The molecule has 5 aromatic rings. The van der Waals surface area contributed by atoms with Gasteiger partial charge in [0.25, 0.3) is 0 Å². The molecule has 0 radical (unpaired) electrons. The number of ether oxygens (including phenoxy) is 5. The predicted octanol–water partition coefficient (Wildman–Crippen LogP) is 8.03. The average molecular weight is 681 g/mol. The van der Waals surface area contributed by atoms with E-state index in [1.807, 2.05) is 0 Å². The molecule has 0 saturated heterocycles. The second-order valence-electron chi connectivity index (χ2n) is 14.1. The number of aryl methyl sites for hydroxylation is 3. The van der Waals surface area contributed by atoms with Gasteiger partial charge < -0.3 is 33.3 Å². The Bertz CT molecular complexity index is 1890. The standard InChI is InChI=1S/C43H54NO6/c1-30-8-13-37-38-14-9-31(2)25-40(38)43(34-10-11-35(29-49-21-20-47-17-16-45)36(27-34)28-44(4,5)6)42(39(37)24-30)33-12-15-41(32(3)26-33)50-23-22-48-19-18-46-7/h8-15,24-27,45H,16-23,28-29H2,1-7H3/q+1. The molecule has 5 aromatic carbocycles. The molecule has 266 valence electrons. The molecule has 0 fully saturated rings. The van der Waals surface area contributed by atoms with Crippen LogP contribution >= 0.6 is 0 Å². The van der Waals surface area contributed by atoms with Crippen LogP contribution in [0.25, 0.3) is 43.8 Å². The lowest BCUT2D eigenvalue weighted by Crippen LogP contribution is -2.33. The van der Waals surface area contributed by atoms with Crippen LogP contribution < -0.4 is 4.74 Å². The summed E-state index contributed by atoms with van der Waals surface area (Å²) in [5.74, 6) is 0.860. The van der Waals surface area contributed by atoms with E-state index in [4.69, 9.17) is 28.8 Å². The van der Waals surface area contributed by atoms with Gasteiger partial charge in [0, 0.05) is 12.7 Å². The van der Waals surface area contributed by atoms with Crippen molar-refractivity contribution in [3.05, 3.63) is 101 Å². The number of hydrogen-bond donors (Lipinski definition) is 1. The van der Waals surface area contributed by atoms with Gasteiger partial charge in [0.2, 0.25) is 0 Å². The van der Waals surface area contributed by atoms with Gasteiger partial charge in [0.1, 0.15) is 18.9 Å². The van der Waals surface area contributed by atoms with Crippen LogP contribution in [0.5, 0.6) is 5.75 Å². The van der Waals surface area contributed by atoms with Gasteiger partial charge in [-0.15, -0.1) is 0 Å². The molecule has 0 aliphatic rings. The molecule has 0 heterocycles. The number of hydrogen-bond acceptors (Lipinski definition) is 6. The summed E-state index contributed by atoms with van der Waals surface area (Å²) in [6.07, 6.45) is 0. The Labute approximate surface area is 297 Å². The van der Waals surface area contributed by atoms with Crippen LogP contribution in [0.1, 0.15) is 27.8 Å². The maximum atomic E-state index is 9.02. The third kappa shape index (κ3) is 9.49. The van der Waals surface area contributed by atoms with E-state index in [2.05, 4.69) is 115 Å². The van der Waals surface area contributed by atoms with Crippen LogP contribution in [0.15, 0.2) is 72.8 Å². The molecule has 0 atom stereocenters. The van der Waals surface area contributed by atoms with Crippen molar-refractivity contribution in [2.24, 2.45) is 0 Å². The first-order chi connectivity index (χ1) is 24.1. The number of benzene rings is 5. The highest BCUT2D eigenvalue weighted by Crippen LogP contribution is 2.46. The zero-order valence-corrected chi connectivity index (χ0v) is 30.9. The Kier molecular flexibility index (Phi) is 13.0. The van der Waals surface area contributed by atoms with Crippen LogP contribution in [-0.4, -0.2) is 90.7 Å². The zero-order chi connectivity index (χ0) is 35.7. The molecule has 7 heteroatoms. The van der Waals surface area contributed by atoms with Crippen molar-refractivity contribution in [1.29, 1.82) is 0 Å². The molecule has 0 bridgehead atoms. The maximum Gasteiger partial charge on any atom is 0.122 e. The van der Waals surface area contributed by atoms with Gasteiger partial charge in [-0.05, 0) is 93.9 Å². The summed E-state index contributed by atoms with van der Waals surface area (Å²) in [7, 11) is 8.34. The summed E-state index contributed by atoms with van der Waals surface area (Å²) < 4.78 is 29.1. The molecule has 1 N–H and O–H groups in total. The monoisotopic (exact) mass is 680 g/mol. The Balaban J connectivity index is 1.65. The third-order valence-corrected chi connectivity index (χ3v) is 8.81. The Morgan fingerprint density at radius 1 is 0.560 bits per heavy atom. The van der Waals surface area contributed by atoms with Gasteiger partial charge in [-0.2, -0.15) is 0 Å².